The molecule has 0 bridgehead atoms. The first kappa shape index (κ1) is 24.8. The van der Waals surface area contributed by atoms with Gasteiger partial charge in [0.25, 0.3) is 0 Å². The molecule has 39 heavy (non-hydrogen) atoms. The fourth-order valence-electron chi connectivity index (χ4n) is 5.72. The van der Waals surface area contributed by atoms with Crippen LogP contribution in [0.4, 0.5) is 0 Å². The van der Waals surface area contributed by atoms with Crippen molar-refractivity contribution in [2.75, 3.05) is 0 Å². The molecule has 1 aliphatic carbocycles. The number of fused-ring (bicyclic) bond motifs is 6. The van der Waals surface area contributed by atoms with Crippen LogP contribution in [0.25, 0.3) is 43.6 Å². The summed E-state index contributed by atoms with van der Waals surface area (Å²) < 4.78 is 0. The summed E-state index contributed by atoms with van der Waals surface area (Å²) in [4.78, 5) is 4.98. The second kappa shape index (κ2) is 10.3. The molecule has 0 unspecified atom stereocenters. The summed E-state index contributed by atoms with van der Waals surface area (Å²) in [7, 11) is 0. The Balaban J connectivity index is 1.35. The van der Waals surface area contributed by atoms with Crippen LogP contribution in [-0.2, 0) is 0 Å². The Morgan fingerprint density at radius 1 is 0.641 bits per heavy atom. The van der Waals surface area contributed by atoms with Gasteiger partial charge in [-0.15, -0.1) is 0 Å². The van der Waals surface area contributed by atoms with Crippen LogP contribution >= 0.6 is 0 Å². The van der Waals surface area contributed by atoms with Crippen LogP contribution in [0.1, 0.15) is 50.3 Å². The third-order valence-electron chi connectivity index (χ3n) is 7.92. The SMILES string of the molecule is C=C(/N=C(\C)c1cccc(/C(C)=C/C2=CCCC=C2C)c1)c1ccc2c3ccccc3c3ccccc3c2c1. The fourth-order valence-corrected chi connectivity index (χ4v) is 5.72. The number of allylic oxidation sites excluding steroid dienone is 6. The van der Waals surface area contributed by atoms with E-state index in [-0.39, 0.29) is 0 Å². The number of aliphatic imine (C=N–C) groups is 1. The van der Waals surface area contributed by atoms with Gasteiger partial charge in [-0.1, -0.05) is 104 Å². The number of nitrogens with zero attached hydrogens (tertiary/aromatic N) is 1. The van der Waals surface area contributed by atoms with E-state index in [0.29, 0.717) is 0 Å². The standard InChI is InChI=1S/C38H33N/c1-25-12-5-6-13-29(25)22-26(2)30-14-11-15-31(23-30)27(3)39-28(4)32-20-21-37-35-18-8-7-16-33(35)34-17-9-10-19-36(34)38(37)24-32/h7-24H,4-6H2,1-3H3/b26-22+,39-27+. The fraction of sp³-hybridized carbons (Fsp3) is 0.132. The topological polar surface area (TPSA) is 12.4 Å². The van der Waals surface area contributed by atoms with Crippen molar-refractivity contribution < 1.29 is 0 Å². The molecule has 0 amide bonds. The average molecular weight is 504 g/mol. The molecular weight excluding hydrogens is 470 g/mol. The zero-order valence-corrected chi connectivity index (χ0v) is 23.0. The van der Waals surface area contributed by atoms with Crippen molar-refractivity contribution in [2.45, 2.75) is 33.6 Å². The minimum Gasteiger partial charge on any atom is -0.253 e. The highest BCUT2D eigenvalue weighted by Crippen LogP contribution is 2.36. The molecule has 1 nitrogen and oxygen atoms in total. The predicted octanol–water partition coefficient (Wildman–Crippen LogP) is 10.7. The smallest absolute Gasteiger partial charge is 0.0633 e. The maximum atomic E-state index is 4.98. The van der Waals surface area contributed by atoms with Crippen molar-refractivity contribution in [1.82, 2.24) is 0 Å². The van der Waals surface area contributed by atoms with Gasteiger partial charge in [0, 0.05) is 11.3 Å². The molecule has 0 aromatic heterocycles. The molecule has 0 heterocycles. The molecule has 0 saturated carbocycles. The molecule has 190 valence electrons. The Kier molecular flexibility index (Phi) is 6.59. The molecule has 1 aliphatic rings. The second-order valence-electron chi connectivity index (χ2n) is 10.5. The highest BCUT2D eigenvalue weighted by molar-refractivity contribution is 6.25. The molecule has 0 radical (unpaired) electrons. The third kappa shape index (κ3) is 4.77. The van der Waals surface area contributed by atoms with Crippen LogP contribution in [0, 0.1) is 0 Å². The van der Waals surface area contributed by atoms with Crippen molar-refractivity contribution in [3.63, 3.8) is 0 Å². The molecule has 0 saturated heterocycles. The molecule has 0 atom stereocenters. The maximum Gasteiger partial charge on any atom is 0.0633 e. The van der Waals surface area contributed by atoms with Crippen LogP contribution in [0.3, 0.4) is 0 Å². The Hall–Kier alpha value is -4.49. The summed E-state index contributed by atoms with van der Waals surface area (Å²) in [6.07, 6.45) is 9.23. The maximum absolute atomic E-state index is 4.98. The van der Waals surface area contributed by atoms with E-state index in [1.54, 1.807) is 0 Å². The molecular formula is C38H33N. The highest BCUT2D eigenvalue weighted by atomic mass is 14.7. The van der Waals surface area contributed by atoms with Crippen molar-refractivity contribution >= 4 is 49.3 Å². The lowest BCUT2D eigenvalue weighted by atomic mass is 9.93. The number of benzene rings is 5. The zero-order chi connectivity index (χ0) is 26.9. The first-order valence-electron chi connectivity index (χ1n) is 13.7. The van der Waals surface area contributed by atoms with Crippen LogP contribution in [0.15, 0.2) is 132 Å². The largest absolute Gasteiger partial charge is 0.253 e. The predicted molar refractivity (Wildman–Crippen MR) is 171 cm³/mol. The van der Waals surface area contributed by atoms with E-state index in [1.165, 1.54) is 54.6 Å². The van der Waals surface area contributed by atoms with Gasteiger partial charge in [-0.25, -0.2) is 0 Å². The van der Waals surface area contributed by atoms with E-state index in [0.717, 1.165) is 35.4 Å². The Bertz CT molecular complexity index is 1860. The van der Waals surface area contributed by atoms with E-state index in [2.05, 4.69) is 137 Å². The van der Waals surface area contributed by atoms with Crippen LogP contribution in [-0.4, -0.2) is 5.71 Å². The minimum absolute atomic E-state index is 0.775. The van der Waals surface area contributed by atoms with E-state index in [9.17, 15) is 0 Å². The molecule has 0 spiro atoms. The van der Waals surface area contributed by atoms with Gasteiger partial charge in [0.2, 0.25) is 0 Å². The van der Waals surface area contributed by atoms with Crippen molar-refractivity contribution in [2.24, 2.45) is 4.99 Å². The van der Waals surface area contributed by atoms with Crippen molar-refractivity contribution in [1.29, 1.82) is 0 Å². The van der Waals surface area contributed by atoms with Gasteiger partial charge in [0.05, 0.1) is 5.70 Å². The van der Waals surface area contributed by atoms with Crippen molar-refractivity contribution in [3.8, 4) is 0 Å². The lowest BCUT2D eigenvalue weighted by Gasteiger charge is -2.12. The van der Waals surface area contributed by atoms with E-state index < -0.39 is 0 Å². The quantitative estimate of drug-likeness (QED) is 0.167. The van der Waals surface area contributed by atoms with Gasteiger partial charge in [-0.05, 0) is 106 Å². The monoisotopic (exact) mass is 503 g/mol. The average Bonchev–Trinajstić information content (AvgIpc) is 2.98. The van der Waals surface area contributed by atoms with Gasteiger partial charge in [0.1, 0.15) is 0 Å². The molecule has 0 N–H and O–H groups in total. The Morgan fingerprint density at radius 2 is 1.23 bits per heavy atom. The van der Waals surface area contributed by atoms with E-state index in [1.807, 2.05) is 0 Å². The summed E-state index contributed by atoms with van der Waals surface area (Å²) in [5.41, 5.74) is 9.07. The van der Waals surface area contributed by atoms with Gasteiger partial charge >= 0.3 is 0 Å². The lowest BCUT2D eigenvalue weighted by Crippen LogP contribution is -1.97. The molecule has 6 rings (SSSR count). The number of rotatable bonds is 5. The zero-order valence-electron chi connectivity index (χ0n) is 23.0. The first-order valence-corrected chi connectivity index (χ1v) is 13.7. The van der Waals surface area contributed by atoms with Gasteiger partial charge in [-0.3, -0.25) is 4.99 Å². The van der Waals surface area contributed by atoms with E-state index in [4.69, 9.17) is 4.99 Å². The lowest BCUT2D eigenvalue weighted by molar-refractivity contribution is 1.00. The number of hydrogen-bond acceptors (Lipinski definition) is 1. The van der Waals surface area contributed by atoms with Gasteiger partial charge in [0.15, 0.2) is 0 Å². The molecule has 0 aliphatic heterocycles. The summed E-state index contributed by atoms with van der Waals surface area (Å²) in [6.45, 7) is 10.8. The molecule has 5 aromatic rings. The van der Waals surface area contributed by atoms with Crippen LogP contribution < -0.4 is 0 Å². The third-order valence-corrected chi connectivity index (χ3v) is 7.92. The van der Waals surface area contributed by atoms with Crippen LogP contribution in [0.5, 0.6) is 0 Å². The highest BCUT2D eigenvalue weighted by Gasteiger charge is 2.10. The van der Waals surface area contributed by atoms with Crippen molar-refractivity contribution in [3.05, 3.63) is 144 Å². The molecule has 1 heteroatoms. The summed E-state index contributed by atoms with van der Waals surface area (Å²) in [6, 6.07) is 32.6. The normalized spacial score (nSPS) is 14.5. The van der Waals surface area contributed by atoms with E-state index >= 15 is 0 Å². The summed E-state index contributed by atoms with van der Waals surface area (Å²) in [5, 5.41) is 7.59. The Morgan fingerprint density at radius 3 is 1.90 bits per heavy atom. The molecule has 5 aromatic carbocycles. The Labute approximate surface area is 231 Å². The van der Waals surface area contributed by atoms with Crippen LogP contribution in [0.2, 0.25) is 0 Å². The minimum atomic E-state index is 0.775. The molecule has 0 fully saturated rings. The first-order chi connectivity index (χ1) is 19.0. The second-order valence-corrected chi connectivity index (χ2v) is 10.5. The van der Waals surface area contributed by atoms with Gasteiger partial charge < -0.3 is 0 Å². The number of hydrogen-bond donors (Lipinski definition) is 0. The van der Waals surface area contributed by atoms with Gasteiger partial charge in [-0.2, -0.15) is 0 Å². The summed E-state index contributed by atoms with van der Waals surface area (Å²) >= 11 is 0. The summed E-state index contributed by atoms with van der Waals surface area (Å²) in [5.74, 6) is 0.